The van der Waals surface area contributed by atoms with Gasteiger partial charge in [-0.3, -0.25) is 4.68 Å². The summed E-state index contributed by atoms with van der Waals surface area (Å²) < 4.78 is 1.57. The van der Waals surface area contributed by atoms with E-state index >= 15 is 0 Å². The van der Waals surface area contributed by atoms with Crippen LogP contribution in [0.4, 0.5) is 0 Å². The van der Waals surface area contributed by atoms with Crippen molar-refractivity contribution >= 4 is 28.8 Å². The molecular formula is C12H15N3O2S. The Morgan fingerprint density at radius 1 is 1.39 bits per heavy atom. The van der Waals surface area contributed by atoms with Crippen LogP contribution < -0.4 is 0 Å². The van der Waals surface area contributed by atoms with Crippen LogP contribution in [0.3, 0.4) is 0 Å². The van der Waals surface area contributed by atoms with E-state index in [9.17, 15) is 9.90 Å². The summed E-state index contributed by atoms with van der Waals surface area (Å²) in [6, 6.07) is 0. The number of pyridine rings is 1. The maximum atomic E-state index is 11.3. The van der Waals surface area contributed by atoms with Crippen molar-refractivity contribution in [2.24, 2.45) is 7.05 Å². The van der Waals surface area contributed by atoms with E-state index in [1.807, 2.05) is 20.8 Å². The summed E-state index contributed by atoms with van der Waals surface area (Å²) in [5, 5.41) is 14.2. The minimum Gasteiger partial charge on any atom is -0.478 e. The lowest BCUT2D eigenvalue weighted by atomic mass is 10.2. The number of nitrogens with zero attached hydrogens (tertiary/aromatic N) is 3. The van der Waals surface area contributed by atoms with E-state index in [4.69, 9.17) is 0 Å². The normalized spacial score (nSPS) is 12.0. The fourth-order valence-corrected chi connectivity index (χ4v) is 2.76. The molecule has 6 heteroatoms. The van der Waals surface area contributed by atoms with Gasteiger partial charge in [0, 0.05) is 22.9 Å². The Balaban J connectivity index is 2.70. The second-order valence-electron chi connectivity index (χ2n) is 5.03. The SMILES string of the molecule is Cn1ncc2c(SC(C)(C)C)c(C(=O)O)cnc21. The summed E-state index contributed by atoms with van der Waals surface area (Å²) >= 11 is 1.52. The highest BCUT2D eigenvalue weighted by Crippen LogP contribution is 2.38. The van der Waals surface area contributed by atoms with Crippen molar-refractivity contribution in [3.63, 3.8) is 0 Å². The van der Waals surface area contributed by atoms with Gasteiger partial charge in [-0.2, -0.15) is 5.10 Å². The summed E-state index contributed by atoms with van der Waals surface area (Å²) in [6.45, 7) is 6.14. The molecule has 0 amide bonds. The van der Waals surface area contributed by atoms with Crippen molar-refractivity contribution in [3.05, 3.63) is 18.0 Å². The number of carboxylic acid groups (broad SMARTS) is 1. The summed E-state index contributed by atoms with van der Waals surface area (Å²) in [5.41, 5.74) is 0.933. The molecule has 2 aromatic rings. The van der Waals surface area contributed by atoms with Gasteiger partial charge in [0.15, 0.2) is 5.65 Å². The predicted molar refractivity (Wildman–Crippen MR) is 71.1 cm³/mol. The van der Waals surface area contributed by atoms with Gasteiger partial charge in [0.1, 0.15) is 0 Å². The van der Waals surface area contributed by atoms with Crippen molar-refractivity contribution in [1.82, 2.24) is 14.8 Å². The first-order chi connectivity index (χ1) is 8.29. The smallest absolute Gasteiger partial charge is 0.338 e. The van der Waals surface area contributed by atoms with E-state index in [-0.39, 0.29) is 10.3 Å². The predicted octanol–water partition coefficient (Wildman–Crippen LogP) is 2.56. The highest BCUT2D eigenvalue weighted by Gasteiger charge is 2.22. The van der Waals surface area contributed by atoms with Gasteiger partial charge in [0.05, 0.1) is 17.1 Å². The molecule has 0 aliphatic heterocycles. The number of carboxylic acids is 1. The van der Waals surface area contributed by atoms with Crippen molar-refractivity contribution in [1.29, 1.82) is 0 Å². The molecule has 0 aliphatic carbocycles. The van der Waals surface area contributed by atoms with Crippen LogP contribution >= 0.6 is 11.8 Å². The zero-order valence-corrected chi connectivity index (χ0v) is 11.6. The number of rotatable bonds is 2. The summed E-state index contributed by atoms with van der Waals surface area (Å²) in [6.07, 6.45) is 3.07. The maximum Gasteiger partial charge on any atom is 0.338 e. The molecule has 0 unspecified atom stereocenters. The van der Waals surface area contributed by atoms with E-state index in [1.54, 1.807) is 17.9 Å². The van der Waals surface area contributed by atoms with Gasteiger partial charge in [0.25, 0.3) is 0 Å². The number of aromatic nitrogens is 3. The lowest BCUT2D eigenvalue weighted by Crippen LogP contribution is -2.10. The van der Waals surface area contributed by atoms with Gasteiger partial charge in [-0.25, -0.2) is 9.78 Å². The first-order valence-corrected chi connectivity index (χ1v) is 6.34. The van der Waals surface area contributed by atoms with E-state index in [1.165, 1.54) is 18.0 Å². The number of hydrogen-bond acceptors (Lipinski definition) is 4. The number of aromatic carboxylic acids is 1. The third-order valence-electron chi connectivity index (χ3n) is 2.35. The molecule has 2 rings (SSSR count). The molecule has 0 fully saturated rings. The van der Waals surface area contributed by atoms with E-state index in [0.717, 1.165) is 10.3 Å². The molecular weight excluding hydrogens is 250 g/mol. The van der Waals surface area contributed by atoms with Crippen molar-refractivity contribution in [3.8, 4) is 0 Å². The van der Waals surface area contributed by atoms with Gasteiger partial charge in [-0.05, 0) is 0 Å². The molecule has 0 atom stereocenters. The summed E-state index contributed by atoms with van der Waals surface area (Å²) in [7, 11) is 1.79. The van der Waals surface area contributed by atoms with Crippen LogP contribution in [0.1, 0.15) is 31.1 Å². The van der Waals surface area contributed by atoms with Crippen molar-refractivity contribution in [2.45, 2.75) is 30.4 Å². The van der Waals surface area contributed by atoms with Gasteiger partial charge >= 0.3 is 5.97 Å². The third-order valence-corrected chi connectivity index (χ3v) is 3.61. The fourth-order valence-electron chi connectivity index (χ4n) is 1.64. The molecule has 0 radical (unpaired) electrons. The number of carbonyl (C=O) groups is 1. The first kappa shape index (κ1) is 12.9. The van der Waals surface area contributed by atoms with Gasteiger partial charge in [0.2, 0.25) is 0 Å². The van der Waals surface area contributed by atoms with E-state index in [0.29, 0.717) is 5.65 Å². The van der Waals surface area contributed by atoms with Gasteiger partial charge in [-0.15, -0.1) is 11.8 Å². The van der Waals surface area contributed by atoms with Crippen molar-refractivity contribution in [2.75, 3.05) is 0 Å². The Hall–Kier alpha value is -1.56. The summed E-state index contributed by atoms with van der Waals surface area (Å²) in [5.74, 6) is -0.958. The largest absolute Gasteiger partial charge is 0.478 e. The second kappa shape index (κ2) is 4.28. The number of fused-ring (bicyclic) bond motifs is 1. The van der Waals surface area contributed by atoms with Crippen LogP contribution in [0.5, 0.6) is 0 Å². The van der Waals surface area contributed by atoms with Gasteiger partial charge in [-0.1, -0.05) is 20.8 Å². The molecule has 18 heavy (non-hydrogen) atoms. The molecule has 96 valence electrons. The second-order valence-corrected chi connectivity index (χ2v) is 6.86. The van der Waals surface area contributed by atoms with Crippen LogP contribution in [-0.2, 0) is 7.05 Å². The first-order valence-electron chi connectivity index (χ1n) is 5.52. The Bertz CT molecular complexity index is 614. The average Bonchev–Trinajstić information content (AvgIpc) is 2.59. The standard InChI is InChI=1S/C12H15N3O2S/c1-12(2,3)18-9-7-6-14-15(4)10(7)13-5-8(9)11(16)17/h5-6H,1-4H3,(H,16,17). The molecule has 0 bridgehead atoms. The zero-order chi connectivity index (χ0) is 13.5. The minimum absolute atomic E-state index is 0.0751. The lowest BCUT2D eigenvalue weighted by Gasteiger charge is -2.19. The van der Waals surface area contributed by atoms with Gasteiger partial charge < -0.3 is 5.11 Å². The number of aryl methyl sites for hydroxylation is 1. The monoisotopic (exact) mass is 265 g/mol. The molecule has 0 spiro atoms. The van der Waals surface area contributed by atoms with E-state index in [2.05, 4.69) is 10.1 Å². The highest BCUT2D eigenvalue weighted by atomic mass is 32.2. The molecule has 0 saturated carbocycles. The third kappa shape index (κ3) is 2.33. The molecule has 1 N–H and O–H groups in total. The van der Waals surface area contributed by atoms with E-state index < -0.39 is 5.97 Å². The molecule has 0 aromatic carbocycles. The van der Waals surface area contributed by atoms with Crippen LogP contribution in [0.25, 0.3) is 11.0 Å². The van der Waals surface area contributed by atoms with Crippen LogP contribution in [0.2, 0.25) is 0 Å². The minimum atomic E-state index is -0.958. The topological polar surface area (TPSA) is 68.0 Å². The average molecular weight is 265 g/mol. The Morgan fingerprint density at radius 3 is 2.61 bits per heavy atom. The Kier molecular flexibility index (Phi) is 3.06. The van der Waals surface area contributed by atoms with Crippen molar-refractivity contribution < 1.29 is 9.90 Å². The zero-order valence-electron chi connectivity index (χ0n) is 10.8. The van der Waals surface area contributed by atoms with Crippen LogP contribution in [0, 0.1) is 0 Å². The quantitative estimate of drug-likeness (QED) is 0.845. The lowest BCUT2D eigenvalue weighted by molar-refractivity contribution is 0.0693. The molecule has 5 nitrogen and oxygen atoms in total. The molecule has 0 saturated heterocycles. The molecule has 2 aromatic heterocycles. The maximum absolute atomic E-state index is 11.3. The summed E-state index contributed by atoms with van der Waals surface area (Å²) in [4.78, 5) is 16.2. The van der Waals surface area contributed by atoms with Crippen LogP contribution in [0.15, 0.2) is 17.3 Å². The number of thioether (sulfide) groups is 1. The number of hydrogen-bond donors (Lipinski definition) is 1. The van der Waals surface area contributed by atoms with Crippen LogP contribution in [-0.4, -0.2) is 30.6 Å². The Morgan fingerprint density at radius 2 is 2.06 bits per heavy atom. The molecule has 2 heterocycles. The fraction of sp³-hybridized carbons (Fsp3) is 0.417. The molecule has 0 aliphatic rings. The Labute approximate surface area is 109 Å². The highest BCUT2D eigenvalue weighted by molar-refractivity contribution is 8.00.